The summed E-state index contributed by atoms with van der Waals surface area (Å²) in [6, 6.07) is 16.3. The molecule has 1 N–H and O–H groups in total. The lowest BCUT2D eigenvalue weighted by Crippen LogP contribution is -2.29. The quantitative estimate of drug-likeness (QED) is 0.346. The summed E-state index contributed by atoms with van der Waals surface area (Å²) in [5.41, 5.74) is 2.14. The molecule has 0 bridgehead atoms. The smallest absolute Gasteiger partial charge is 0.300 e. The fourth-order valence-electron chi connectivity index (χ4n) is 3.90. The first-order valence-electron chi connectivity index (χ1n) is 10.2. The Labute approximate surface area is 190 Å². The molecule has 1 heterocycles. The summed E-state index contributed by atoms with van der Waals surface area (Å²) in [5, 5.41) is 11.2. The lowest BCUT2D eigenvalue weighted by atomic mass is 9.95. The van der Waals surface area contributed by atoms with Crippen LogP contribution in [0.25, 0.3) is 5.76 Å². The van der Waals surface area contributed by atoms with Gasteiger partial charge in [-0.2, -0.15) is 0 Å². The van der Waals surface area contributed by atoms with Gasteiger partial charge in [0, 0.05) is 11.3 Å². The number of ether oxygens (including phenoxy) is 2. The van der Waals surface area contributed by atoms with Gasteiger partial charge in [0.25, 0.3) is 11.7 Å². The number of anilines is 1. The van der Waals surface area contributed by atoms with Crippen molar-refractivity contribution in [2.75, 3.05) is 19.1 Å². The molecule has 0 spiro atoms. The Bertz CT molecular complexity index is 1250. The fourth-order valence-corrected chi connectivity index (χ4v) is 3.90. The van der Waals surface area contributed by atoms with Gasteiger partial charge in [0.15, 0.2) is 11.5 Å². The molecule has 7 heteroatoms. The monoisotopic (exact) mass is 447 g/mol. The number of ketones is 1. The molecule has 4 rings (SSSR count). The molecule has 0 aromatic heterocycles. The summed E-state index contributed by atoms with van der Waals surface area (Å²) < 4.78 is 24.2. The zero-order valence-corrected chi connectivity index (χ0v) is 18.3. The van der Waals surface area contributed by atoms with E-state index in [1.54, 1.807) is 24.3 Å². The number of amides is 1. The van der Waals surface area contributed by atoms with Gasteiger partial charge in [0.2, 0.25) is 0 Å². The van der Waals surface area contributed by atoms with Gasteiger partial charge in [-0.15, -0.1) is 0 Å². The van der Waals surface area contributed by atoms with E-state index in [0.717, 1.165) is 5.56 Å². The lowest BCUT2D eigenvalue weighted by Gasteiger charge is -2.25. The van der Waals surface area contributed by atoms with Crippen LogP contribution in [0.15, 0.2) is 72.3 Å². The Morgan fingerprint density at radius 2 is 1.55 bits per heavy atom. The molecule has 1 amide bonds. The molecule has 1 saturated heterocycles. The van der Waals surface area contributed by atoms with Crippen molar-refractivity contribution in [3.05, 3.63) is 94.8 Å². The molecule has 33 heavy (non-hydrogen) atoms. The molecule has 1 unspecified atom stereocenters. The summed E-state index contributed by atoms with van der Waals surface area (Å²) in [4.78, 5) is 27.6. The number of hydrogen-bond donors (Lipinski definition) is 1. The number of aliphatic hydroxyl groups excluding tert-OH is 1. The zero-order chi connectivity index (χ0) is 23.7. The summed E-state index contributed by atoms with van der Waals surface area (Å²) in [6.07, 6.45) is 0. The molecule has 1 fully saturated rings. The summed E-state index contributed by atoms with van der Waals surface area (Å²) in [7, 11) is 2.94. The highest BCUT2D eigenvalue weighted by Crippen LogP contribution is 2.43. The van der Waals surface area contributed by atoms with Crippen LogP contribution < -0.4 is 14.4 Å². The summed E-state index contributed by atoms with van der Waals surface area (Å²) >= 11 is 0. The first-order chi connectivity index (χ1) is 15.8. The van der Waals surface area contributed by atoms with Crippen LogP contribution in [0.3, 0.4) is 0 Å². The number of hydrogen-bond acceptors (Lipinski definition) is 5. The molecule has 0 saturated carbocycles. The molecule has 0 radical (unpaired) electrons. The van der Waals surface area contributed by atoms with Gasteiger partial charge in [0.05, 0.1) is 25.8 Å². The van der Waals surface area contributed by atoms with Crippen LogP contribution in [0.2, 0.25) is 0 Å². The third kappa shape index (κ3) is 3.93. The first kappa shape index (κ1) is 22.1. The molecule has 6 nitrogen and oxygen atoms in total. The van der Waals surface area contributed by atoms with Crippen LogP contribution in [0.4, 0.5) is 10.1 Å². The van der Waals surface area contributed by atoms with E-state index in [1.165, 1.54) is 49.5 Å². The second-order valence-electron chi connectivity index (χ2n) is 7.63. The largest absolute Gasteiger partial charge is 0.507 e. The average Bonchev–Trinajstić information content (AvgIpc) is 3.09. The number of methoxy groups -OCH3 is 2. The molecule has 3 aromatic rings. The number of Topliss-reactive ketones (excluding diaryl/α,β-unsaturated/α-hetero) is 1. The zero-order valence-electron chi connectivity index (χ0n) is 18.3. The highest BCUT2D eigenvalue weighted by atomic mass is 19.1. The standard InChI is InChI=1S/C26H22FNO5/c1-15-4-11-19(12-5-15)28-23(16-6-9-18(27)10-7-16)22(25(30)26(28)31)24(29)17-8-13-20(32-2)21(14-17)33-3/h4-14,23,29H,1-3H3/b24-22-. The highest BCUT2D eigenvalue weighted by Gasteiger charge is 2.47. The van der Waals surface area contributed by atoms with Crippen molar-refractivity contribution in [1.29, 1.82) is 0 Å². The average molecular weight is 447 g/mol. The van der Waals surface area contributed by atoms with Gasteiger partial charge in [-0.1, -0.05) is 29.8 Å². The van der Waals surface area contributed by atoms with Crippen molar-refractivity contribution in [2.24, 2.45) is 0 Å². The minimum atomic E-state index is -0.943. The van der Waals surface area contributed by atoms with Crippen LogP contribution in [0, 0.1) is 12.7 Å². The van der Waals surface area contributed by atoms with E-state index < -0.39 is 23.5 Å². The van der Waals surface area contributed by atoms with E-state index in [4.69, 9.17) is 9.47 Å². The number of carbonyl (C=O) groups is 2. The van der Waals surface area contributed by atoms with E-state index >= 15 is 0 Å². The second-order valence-corrected chi connectivity index (χ2v) is 7.63. The second kappa shape index (κ2) is 8.78. The minimum absolute atomic E-state index is 0.0978. The molecule has 1 aliphatic rings. The maximum Gasteiger partial charge on any atom is 0.300 e. The SMILES string of the molecule is COc1ccc(/C(O)=C2/C(=O)C(=O)N(c3ccc(C)cc3)C2c2ccc(F)cc2)cc1OC. The number of nitrogens with zero attached hydrogens (tertiary/aromatic N) is 1. The van der Waals surface area contributed by atoms with Crippen LogP contribution in [-0.4, -0.2) is 31.0 Å². The van der Waals surface area contributed by atoms with E-state index in [1.807, 2.05) is 19.1 Å². The molecule has 1 aliphatic heterocycles. The predicted octanol–water partition coefficient (Wildman–Crippen LogP) is 4.78. The maximum absolute atomic E-state index is 13.6. The molecule has 1 atom stereocenters. The Kier molecular flexibility index (Phi) is 5.87. The predicted molar refractivity (Wildman–Crippen MR) is 122 cm³/mol. The van der Waals surface area contributed by atoms with Crippen LogP contribution in [0.5, 0.6) is 11.5 Å². The molecule has 3 aromatic carbocycles. The van der Waals surface area contributed by atoms with Crippen LogP contribution in [0.1, 0.15) is 22.7 Å². The van der Waals surface area contributed by atoms with Crippen molar-refractivity contribution in [3.63, 3.8) is 0 Å². The van der Waals surface area contributed by atoms with E-state index in [9.17, 15) is 19.1 Å². The molecular formula is C26H22FNO5. The van der Waals surface area contributed by atoms with Gasteiger partial charge >= 0.3 is 0 Å². The van der Waals surface area contributed by atoms with Crippen LogP contribution in [-0.2, 0) is 9.59 Å². The summed E-state index contributed by atoms with van der Waals surface area (Å²) in [6.45, 7) is 1.91. The van der Waals surface area contributed by atoms with E-state index in [2.05, 4.69) is 0 Å². The Morgan fingerprint density at radius 1 is 0.909 bits per heavy atom. The fraction of sp³-hybridized carbons (Fsp3) is 0.154. The Morgan fingerprint density at radius 3 is 2.15 bits per heavy atom. The highest BCUT2D eigenvalue weighted by molar-refractivity contribution is 6.51. The number of aliphatic hydroxyl groups is 1. The molecule has 168 valence electrons. The third-order valence-electron chi connectivity index (χ3n) is 5.60. The van der Waals surface area contributed by atoms with Crippen molar-refractivity contribution in [3.8, 4) is 11.5 Å². The lowest BCUT2D eigenvalue weighted by molar-refractivity contribution is -0.132. The number of rotatable bonds is 5. The topological polar surface area (TPSA) is 76.1 Å². The number of benzene rings is 3. The van der Waals surface area contributed by atoms with E-state index in [0.29, 0.717) is 22.7 Å². The number of aryl methyl sites for hydroxylation is 1. The Balaban J connectivity index is 1.93. The van der Waals surface area contributed by atoms with Crippen molar-refractivity contribution >= 4 is 23.1 Å². The number of halogens is 1. The van der Waals surface area contributed by atoms with E-state index in [-0.39, 0.29) is 16.9 Å². The number of carbonyl (C=O) groups excluding carboxylic acids is 2. The van der Waals surface area contributed by atoms with Gasteiger partial charge in [-0.25, -0.2) is 4.39 Å². The normalized spacial score (nSPS) is 17.3. The summed E-state index contributed by atoms with van der Waals surface area (Å²) in [5.74, 6) is -1.63. The maximum atomic E-state index is 13.6. The van der Waals surface area contributed by atoms with Crippen molar-refractivity contribution < 1.29 is 28.6 Å². The third-order valence-corrected chi connectivity index (χ3v) is 5.60. The Hall–Kier alpha value is -4.13. The van der Waals surface area contributed by atoms with Crippen molar-refractivity contribution in [2.45, 2.75) is 13.0 Å². The van der Waals surface area contributed by atoms with Gasteiger partial charge < -0.3 is 14.6 Å². The van der Waals surface area contributed by atoms with Crippen molar-refractivity contribution in [1.82, 2.24) is 0 Å². The van der Waals surface area contributed by atoms with Gasteiger partial charge in [-0.05, 0) is 55.0 Å². The van der Waals surface area contributed by atoms with Gasteiger partial charge in [-0.3, -0.25) is 14.5 Å². The first-order valence-corrected chi connectivity index (χ1v) is 10.2. The van der Waals surface area contributed by atoms with Gasteiger partial charge in [0.1, 0.15) is 11.6 Å². The molecule has 0 aliphatic carbocycles. The molecular weight excluding hydrogens is 425 g/mol. The van der Waals surface area contributed by atoms with Crippen LogP contribution >= 0.6 is 0 Å². The minimum Gasteiger partial charge on any atom is -0.507 e.